The number of hydrogen-bond donors (Lipinski definition) is 3. The number of allylic oxidation sites excluding steroid dienone is 1. The Morgan fingerprint density at radius 2 is 2.14 bits per heavy atom. The van der Waals surface area contributed by atoms with Crippen molar-refractivity contribution in [2.75, 3.05) is 30.5 Å². The molecule has 28 heavy (non-hydrogen) atoms. The summed E-state index contributed by atoms with van der Waals surface area (Å²) >= 11 is 1.75. The van der Waals surface area contributed by atoms with Gasteiger partial charge in [-0.2, -0.15) is 17.0 Å². The van der Waals surface area contributed by atoms with E-state index in [9.17, 15) is 0 Å². The number of nitrogens with zero attached hydrogens (tertiary/aromatic N) is 5. The summed E-state index contributed by atoms with van der Waals surface area (Å²) in [5.41, 5.74) is 7.49. The zero-order valence-electron chi connectivity index (χ0n) is 16.4. The summed E-state index contributed by atoms with van der Waals surface area (Å²) in [7, 11) is 0. The standard InChI is InChI=1S/C17H20N8.C2H6S/c1-11-4-13(20)9-25(8-11)17-5-14(22-10-23-17)15-7-21-16(24-15)3-2-12(19)6-18;1-3-2/h2-3,5,7,10-11,13,19H,4,8-9,20H2,1H3,(H,21,24);1-2H3/b3-2-,19-12?;. The van der Waals surface area contributed by atoms with Gasteiger partial charge < -0.3 is 15.6 Å². The Balaban J connectivity index is 0.000000878. The van der Waals surface area contributed by atoms with Crippen LogP contribution in [-0.2, 0) is 0 Å². The Morgan fingerprint density at radius 3 is 2.82 bits per heavy atom. The number of thioether (sulfide) groups is 1. The summed E-state index contributed by atoms with van der Waals surface area (Å²) in [6.45, 7) is 3.91. The third-order valence-corrected chi connectivity index (χ3v) is 4.07. The van der Waals surface area contributed by atoms with Crippen molar-refractivity contribution in [3.8, 4) is 17.5 Å². The molecule has 4 N–H and O–H groups in total. The molecular formula is C19H26N8S. The summed E-state index contributed by atoms with van der Waals surface area (Å²) in [5, 5.41) is 15.9. The van der Waals surface area contributed by atoms with Crippen molar-refractivity contribution in [3.63, 3.8) is 0 Å². The van der Waals surface area contributed by atoms with Crippen LogP contribution >= 0.6 is 11.8 Å². The maximum atomic E-state index is 8.60. The maximum absolute atomic E-state index is 8.60. The molecule has 0 saturated carbocycles. The lowest BCUT2D eigenvalue weighted by Crippen LogP contribution is -2.46. The SMILES string of the molecule is CC1CC(N)CN(c2cc(-c3cnc(/C=C\C(=N)C#N)[nH]3)ncn2)C1.CSC. The highest BCUT2D eigenvalue weighted by Gasteiger charge is 2.23. The van der Waals surface area contributed by atoms with Gasteiger partial charge in [0.15, 0.2) is 0 Å². The van der Waals surface area contributed by atoms with Gasteiger partial charge in [-0.25, -0.2) is 15.0 Å². The van der Waals surface area contributed by atoms with E-state index in [-0.39, 0.29) is 11.8 Å². The first-order valence-corrected chi connectivity index (χ1v) is 10.5. The molecule has 0 radical (unpaired) electrons. The van der Waals surface area contributed by atoms with E-state index in [1.54, 1.807) is 30.1 Å². The van der Waals surface area contributed by atoms with Crippen LogP contribution in [0.1, 0.15) is 19.2 Å². The zero-order valence-corrected chi connectivity index (χ0v) is 17.2. The molecule has 3 rings (SSSR count). The number of nitrogens with two attached hydrogens (primary N) is 1. The fourth-order valence-electron chi connectivity index (χ4n) is 3.01. The Morgan fingerprint density at radius 1 is 1.39 bits per heavy atom. The van der Waals surface area contributed by atoms with Crippen molar-refractivity contribution in [2.45, 2.75) is 19.4 Å². The molecule has 0 bridgehead atoms. The average molecular weight is 399 g/mol. The Kier molecular flexibility index (Phi) is 8.17. The van der Waals surface area contributed by atoms with E-state index >= 15 is 0 Å². The molecule has 0 aromatic carbocycles. The monoisotopic (exact) mass is 398 g/mol. The van der Waals surface area contributed by atoms with Gasteiger partial charge in [0.05, 0.1) is 17.6 Å². The smallest absolute Gasteiger partial charge is 0.132 e. The highest BCUT2D eigenvalue weighted by atomic mass is 32.2. The minimum absolute atomic E-state index is 0.127. The van der Waals surface area contributed by atoms with Gasteiger partial charge in [0, 0.05) is 25.2 Å². The normalized spacial score (nSPS) is 19.0. The molecule has 1 aliphatic heterocycles. The van der Waals surface area contributed by atoms with Crippen molar-refractivity contribution in [3.05, 3.63) is 30.5 Å². The third kappa shape index (κ3) is 6.18. The molecule has 0 spiro atoms. The summed E-state index contributed by atoms with van der Waals surface area (Å²) in [6, 6.07) is 3.82. The molecule has 8 nitrogen and oxygen atoms in total. The number of imidazole rings is 1. The van der Waals surface area contributed by atoms with Crippen LogP contribution in [0.2, 0.25) is 0 Å². The van der Waals surface area contributed by atoms with Crippen molar-refractivity contribution < 1.29 is 0 Å². The Labute approximate surface area is 169 Å². The third-order valence-electron chi connectivity index (χ3n) is 4.07. The first-order chi connectivity index (χ1) is 13.5. The quantitative estimate of drug-likeness (QED) is 0.674. The number of nitriles is 1. The Hall–Kier alpha value is -2.70. The number of anilines is 1. The second-order valence-corrected chi connectivity index (χ2v) is 7.53. The van der Waals surface area contributed by atoms with E-state index in [2.05, 4.69) is 31.8 Å². The van der Waals surface area contributed by atoms with Crippen molar-refractivity contribution >= 4 is 29.4 Å². The number of H-pyrrole nitrogens is 1. The molecule has 2 aromatic heterocycles. The highest BCUT2D eigenvalue weighted by molar-refractivity contribution is 7.97. The molecule has 1 aliphatic rings. The highest BCUT2D eigenvalue weighted by Crippen LogP contribution is 2.24. The number of aromatic amines is 1. The van der Waals surface area contributed by atoms with E-state index in [0.717, 1.165) is 36.7 Å². The van der Waals surface area contributed by atoms with E-state index < -0.39 is 0 Å². The van der Waals surface area contributed by atoms with Gasteiger partial charge in [-0.3, -0.25) is 5.41 Å². The minimum Gasteiger partial charge on any atom is -0.355 e. The lowest BCUT2D eigenvalue weighted by atomic mass is 9.96. The van der Waals surface area contributed by atoms with Gasteiger partial charge in [-0.05, 0) is 37.0 Å². The predicted molar refractivity (Wildman–Crippen MR) is 115 cm³/mol. The zero-order chi connectivity index (χ0) is 20.5. The van der Waals surface area contributed by atoms with Crippen molar-refractivity contribution in [1.82, 2.24) is 19.9 Å². The number of aromatic nitrogens is 4. The fourth-order valence-corrected chi connectivity index (χ4v) is 3.01. The molecule has 2 aromatic rings. The summed E-state index contributed by atoms with van der Waals surface area (Å²) < 4.78 is 0. The maximum Gasteiger partial charge on any atom is 0.132 e. The van der Waals surface area contributed by atoms with Gasteiger partial charge in [0.2, 0.25) is 0 Å². The van der Waals surface area contributed by atoms with Gasteiger partial charge in [-0.15, -0.1) is 0 Å². The Bertz CT molecular complexity index is 844. The van der Waals surface area contributed by atoms with E-state index in [4.69, 9.17) is 16.4 Å². The summed E-state index contributed by atoms with van der Waals surface area (Å²) in [4.78, 5) is 18.2. The van der Waals surface area contributed by atoms with E-state index in [1.165, 1.54) is 12.4 Å². The predicted octanol–water partition coefficient (Wildman–Crippen LogP) is 2.58. The molecule has 1 fully saturated rings. The molecule has 1 saturated heterocycles. The van der Waals surface area contributed by atoms with Crippen LogP contribution in [0.5, 0.6) is 0 Å². The molecule has 0 aliphatic carbocycles. The molecule has 148 valence electrons. The largest absolute Gasteiger partial charge is 0.355 e. The van der Waals surface area contributed by atoms with Gasteiger partial charge in [0.1, 0.15) is 29.8 Å². The first-order valence-electron chi connectivity index (χ1n) is 8.91. The summed E-state index contributed by atoms with van der Waals surface area (Å²) in [5.74, 6) is 1.94. The van der Waals surface area contributed by atoms with Gasteiger partial charge in [-0.1, -0.05) is 6.92 Å². The first kappa shape index (κ1) is 21.6. The minimum atomic E-state index is -0.127. The lowest BCUT2D eigenvalue weighted by molar-refractivity contribution is 0.400. The second kappa shape index (κ2) is 10.6. The van der Waals surface area contributed by atoms with E-state index in [1.807, 2.05) is 18.6 Å². The van der Waals surface area contributed by atoms with Crippen LogP contribution in [0.4, 0.5) is 5.82 Å². The van der Waals surface area contributed by atoms with Gasteiger partial charge >= 0.3 is 0 Å². The topological polar surface area (TPSA) is 131 Å². The van der Waals surface area contributed by atoms with Crippen LogP contribution in [0.3, 0.4) is 0 Å². The van der Waals surface area contributed by atoms with Crippen LogP contribution in [0.25, 0.3) is 17.5 Å². The van der Waals surface area contributed by atoms with Crippen LogP contribution < -0.4 is 10.6 Å². The number of hydrogen-bond acceptors (Lipinski definition) is 8. The van der Waals surface area contributed by atoms with Gasteiger partial charge in [0.25, 0.3) is 0 Å². The summed E-state index contributed by atoms with van der Waals surface area (Å²) in [6.07, 6.45) is 11.3. The average Bonchev–Trinajstić information content (AvgIpc) is 3.15. The fraction of sp³-hybridized carbons (Fsp3) is 0.421. The van der Waals surface area contributed by atoms with Crippen LogP contribution in [0, 0.1) is 22.7 Å². The van der Waals surface area contributed by atoms with Crippen LogP contribution in [0.15, 0.2) is 24.7 Å². The number of rotatable bonds is 4. The molecule has 0 amide bonds. The van der Waals surface area contributed by atoms with Crippen LogP contribution in [-0.4, -0.2) is 57.3 Å². The molecule has 2 atom stereocenters. The van der Waals surface area contributed by atoms with Crippen molar-refractivity contribution in [1.29, 1.82) is 10.7 Å². The van der Waals surface area contributed by atoms with E-state index in [0.29, 0.717) is 11.7 Å². The molecule has 2 unspecified atom stereocenters. The molecule has 9 heteroatoms. The number of nitrogens with one attached hydrogen (secondary N) is 2. The van der Waals surface area contributed by atoms with Crippen molar-refractivity contribution in [2.24, 2.45) is 11.7 Å². The number of piperidine rings is 1. The second-order valence-electron chi connectivity index (χ2n) is 6.72. The molecule has 3 heterocycles. The lowest BCUT2D eigenvalue weighted by Gasteiger charge is -2.35. The molecular weight excluding hydrogens is 372 g/mol.